The van der Waals surface area contributed by atoms with Crippen molar-refractivity contribution in [2.75, 3.05) is 26.7 Å². The Morgan fingerprint density at radius 3 is 3.10 bits per heavy atom. The number of nitrogens with zero attached hydrogens (tertiary/aromatic N) is 2. The molecule has 1 fully saturated rings. The maximum absolute atomic E-state index is 5.31. The minimum Gasteiger partial charge on any atom is -0.497 e. The van der Waals surface area contributed by atoms with E-state index < -0.39 is 0 Å². The number of aromatic nitrogens is 1. The van der Waals surface area contributed by atoms with Gasteiger partial charge in [-0.15, -0.1) is 0 Å². The highest BCUT2D eigenvalue weighted by molar-refractivity contribution is 5.28. The number of ether oxygens (including phenoxy) is 1. The van der Waals surface area contributed by atoms with E-state index >= 15 is 0 Å². The number of benzene rings is 1. The van der Waals surface area contributed by atoms with Crippen LogP contribution in [0.4, 0.5) is 0 Å². The van der Waals surface area contributed by atoms with Crippen LogP contribution in [0.3, 0.4) is 0 Å². The summed E-state index contributed by atoms with van der Waals surface area (Å²) < 4.78 is 5.31. The quantitative estimate of drug-likeness (QED) is 0.934. The van der Waals surface area contributed by atoms with E-state index in [1.54, 1.807) is 7.11 Å². The fourth-order valence-corrected chi connectivity index (χ4v) is 2.84. The summed E-state index contributed by atoms with van der Waals surface area (Å²) in [6, 6.07) is 12.8. The van der Waals surface area contributed by atoms with E-state index in [1.165, 1.54) is 11.1 Å². The number of hydrogen-bond acceptors (Lipinski definition) is 4. The normalized spacial score (nSPS) is 19.4. The van der Waals surface area contributed by atoms with Crippen LogP contribution < -0.4 is 10.1 Å². The van der Waals surface area contributed by atoms with E-state index in [4.69, 9.17) is 4.74 Å². The molecular weight excluding hydrogens is 262 g/mol. The lowest BCUT2D eigenvalue weighted by Gasteiger charge is -2.36. The Morgan fingerprint density at radius 1 is 1.33 bits per heavy atom. The molecule has 1 N–H and O–H groups in total. The van der Waals surface area contributed by atoms with Crippen molar-refractivity contribution in [1.29, 1.82) is 0 Å². The number of hydrogen-bond donors (Lipinski definition) is 1. The molecule has 0 amide bonds. The minimum absolute atomic E-state index is 0.374. The van der Waals surface area contributed by atoms with Gasteiger partial charge in [0.15, 0.2) is 0 Å². The van der Waals surface area contributed by atoms with E-state index in [0.717, 1.165) is 31.9 Å². The lowest BCUT2D eigenvalue weighted by Crippen LogP contribution is -2.45. The molecule has 0 saturated carbocycles. The van der Waals surface area contributed by atoms with Crippen molar-refractivity contribution in [3.05, 3.63) is 59.9 Å². The molecule has 21 heavy (non-hydrogen) atoms. The first-order valence-corrected chi connectivity index (χ1v) is 7.34. The van der Waals surface area contributed by atoms with Crippen molar-refractivity contribution in [1.82, 2.24) is 15.2 Å². The summed E-state index contributed by atoms with van der Waals surface area (Å²) in [5.41, 5.74) is 2.55. The van der Waals surface area contributed by atoms with Gasteiger partial charge in [0.25, 0.3) is 0 Å². The average molecular weight is 283 g/mol. The number of pyridine rings is 1. The predicted octanol–water partition coefficient (Wildman–Crippen LogP) is 2.24. The van der Waals surface area contributed by atoms with Gasteiger partial charge >= 0.3 is 0 Å². The molecule has 1 unspecified atom stereocenters. The number of nitrogens with one attached hydrogen (secondary N) is 1. The van der Waals surface area contributed by atoms with Gasteiger partial charge in [0.1, 0.15) is 5.75 Å². The highest BCUT2D eigenvalue weighted by atomic mass is 16.5. The second-order valence-corrected chi connectivity index (χ2v) is 5.33. The standard InChI is InChI=1S/C17H21N3O/c1-21-16-6-2-4-14(10-16)13-20-9-8-19-12-17(20)15-5-3-7-18-11-15/h2-7,10-11,17,19H,8-9,12-13H2,1H3. The Morgan fingerprint density at radius 2 is 2.29 bits per heavy atom. The Kier molecular flexibility index (Phi) is 4.48. The summed E-state index contributed by atoms with van der Waals surface area (Å²) in [6.07, 6.45) is 3.79. The molecule has 0 spiro atoms. The van der Waals surface area contributed by atoms with Gasteiger partial charge in [-0.1, -0.05) is 18.2 Å². The molecule has 1 aromatic heterocycles. The second-order valence-electron chi connectivity index (χ2n) is 5.33. The summed E-state index contributed by atoms with van der Waals surface area (Å²) in [5.74, 6) is 0.917. The zero-order chi connectivity index (χ0) is 14.5. The minimum atomic E-state index is 0.374. The van der Waals surface area contributed by atoms with Crippen molar-refractivity contribution < 1.29 is 4.74 Å². The van der Waals surface area contributed by atoms with Crippen molar-refractivity contribution in [2.45, 2.75) is 12.6 Å². The fraction of sp³-hybridized carbons (Fsp3) is 0.353. The third-order valence-electron chi connectivity index (χ3n) is 3.94. The van der Waals surface area contributed by atoms with Crippen LogP contribution in [0.5, 0.6) is 5.75 Å². The first kappa shape index (κ1) is 14.0. The summed E-state index contributed by atoms with van der Waals surface area (Å²) in [7, 11) is 1.71. The van der Waals surface area contributed by atoms with Crippen molar-refractivity contribution >= 4 is 0 Å². The summed E-state index contributed by atoms with van der Waals surface area (Å²) in [4.78, 5) is 6.76. The lowest BCUT2D eigenvalue weighted by atomic mass is 10.0. The van der Waals surface area contributed by atoms with E-state index in [0.29, 0.717) is 6.04 Å². The monoisotopic (exact) mass is 283 g/mol. The molecule has 1 aliphatic heterocycles. The van der Waals surface area contributed by atoms with Gasteiger partial charge < -0.3 is 10.1 Å². The van der Waals surface area contributed by atoms with Crippen molar-refractivity contribution in [2.24, 2.45) is 0 Å². The van der Waals surface area contributed by atoms with Crippen molar-refractivity contribution in [3.63, 3.8) is 0 Å². The van der Waals surface area contributed by atoms with Gasteiger partial charge in [0.2, 0.25) is 0 Å². The zero-order valence-electron chi connectivity index (χ0n) is 12.3. The molecule has 0 bridgehead atoms. The van der Waals surface area contributed by atoms with Crippen molar-refractivity contribution in [3.8, 4) is 5.75 Å². The van der Waals surface area contributed by atoms with Crippen LogP contribution in [0, 0.1) is 0 Å². The number of methoxy groups -OCH3 is 1. The van der Waals surface area contributed by atoms with Gasteiger partial charge in [0.05, 0.1) is 7.11 Å². The van der Waals surface area contributed by atoms with E-state index in [-0.39, 0.29) is 0 Å². The van der Waals surface area contributed by atoms with Crippen LogP contribution in [0.15, 0.2) is 48.8 Å². The molecule has 1 aromatic carbocycles. The maximum Gasteiger partial charge on any atom is 0.119 e. The van der Waals surface area contributed by atoms with E-state index in [2.05, 4.69) is 39.5 Å². The Balaban J connectivity index is 1.78. The molecule has 0 aliphatic carbocycles. The van der Waals surface area contributed by atoms with Gasteiger partial charge in [-0.25, -0.2) is 0 Å². The summed E-state index contributed by atoms with van der Waals surface area (Å²) in [5, 5.41) is 3.48. The Labute approximate surface area is 125 Å². The largest absolute Gasteiger partial charge is 0.497 e. The molecule has 1 atom stereocenters. The van der Waals surface area contributed by atoms with Crippen LogP contribution >= 0.6 is 0 Å². The van der Waals surface area contributed by atoms with Crippen LogP contribution in [0.2, 0.25) is 0 Å². The predicted molar refractivity (Wildman–Crippen MR) is 83.3 cm³/mol. The summed E-state index contributed by atoms with van der Waals surface area (Å²) in [6.45, 7) is 3.96. The topological polar surface area (TPSA) is 37.4 Å². The SMILES string of the molecule is COc1cccc(CN2CCNCC2c2cccnc2)c1. The molecule has 4 heteroatoms. The molecule has 110 valence electrons. The first-order chi connectivity index (χ1) is 10.4. The molecule has 0 radical (unpaired) electrons. The lowest BCUT2D eigenvalue weighted by molar-refractivity contribution is 0.153. The number of piperazine rings is 1. The molecule has 3 rings (SSSR count). The van der Waals surface area contributed by atoms with Gasteiger partial charge in [-0.05, 0) is 29.3 Å². The molecule has 4 nitrogen and oxygen atoms in total. The van der Waals surface area contributed by atoms with Gasteiger partial charge in [0, 0.05) is 44.6 Å². The molecule has 1 saturated heterocycles. The smallest absolute Gasteiger partial charge is 0.119 e. The molecule has 2 aromatic rings. The van der Waals surface area contributed by atoms with Gasteiger partial charge in [-0.3, -0.25) is 9.88 Å². The molecular formula is C17H21N3O. The molecule has 1 aliphatic rings. The average Bonchev–Trinajstić information content (AvgIpc) is 2.56. The maximum atomic E-state index is 5.31. The third-order valence-corrected chi connectivity index (χ3v) is 3.94. The highest BCUT2D eigenvalue weighted by Gasteiger charge is 2.23. The number of rotatable bonds is 4. The third kappa shape index (κ3) is 3.40. The van der Waals surface area contributed by atoms with Crippen LogP contribution in [-0.2, 0) is 6.54 Å². The second kappa shape index (κ2) is 6.70. The van der Waals surface area contributed by atoms with Crippen LogP contribution in [0.25, 0.3) is 0 Å². The fourth-order valence-electron chi connectivity index (χ4n) is 2.84. The highest BCUT2D eigenvalue weighted by Crippen LogP contribution is 2.24. The van der Waals surface area contributed by atoms with Crippen LogP contribution in [0.1, 0.15) is 17.2 Å². The van der Waals surface area contributed by atoms with Crippen LogP contribution in [-0.4, -0.2) is 36.6 Å². The Bertz CT molecular complexity index is 573. The molecule has 2 heterocycles. The Hall–Kier alpha value is -1.91. The van der Waals surface area contributed by atoms with E-state index in [9.17, 15) is 0 Å². The van der Waals surface area contributed by atoms with Gasteiger partial charge in [-0.2, -0.15) is 0 Å². The zero-order valence-corrected chi connectivity index (χ0v) is 12.3. The summed E-state index contributed by atoms with van der Waals surface area (Å²) >= 11 is 0. The first-order valence-electron chi connectivity index (χ1n) is 7.34. The van der Waals surface area contributed by atoms with E-state index in [1.807, 2.05) is 24.5 Å².